The van der Waals surface area contributed by atoms with E-state index < -0.39 is 50.2 Å². The third-order valence-corrected chi connectivity index (χ3v) is 42.0. The molecule has 707 valence electrons. The fraction of sp³-hybridized carbons (Fsp3) is 0.0880. The third-order valence-electron chi connectivity index (χ3n) is 25.7. The van der Waals surface area contributed by atoms with Crippen LogP contribution in [0.4, 0.5) is 0 Å². The van der Waals surface area contributed by atoms with Gasteiger partial charge in [0.1, 0.15) is 0 Å². The number of fused-ring (bicyclic) bond motifs is 9. The van der Waals surface area contributed by atoms with Gasteiger partial charge >= 0.3 is 0 Å². The van der Waals surface area contributed by atoms with E-state index in [1.54, 1.807) is 42.9 Å². The number of nitrogens with zero attached hydrogens (tertiary/aromatic N) is 6. The standard InChI is InChI=1S/C38H32NSi2.C28H28NSi2.C26H22NO2SSi.3C11H8N.3Ir/c1-40(2,3)38-27-39-35(26-34(38)28-15-7-4-8-16-28)29-23-24-33-32-21-13-14-22-36(32)41(37(33)25-29,30-17-9-5-10-18-30)31-19-11-6-12-20-31;1-30(2,3)28-19-29-25(18-24(28)20-11-7-6-8-12-20)21-15-16-23-22-13-9-10-14-26(22)31(4,5)27(23)17-21;1-31(2,3)26-17-27-23(16-22(26)18-9-5-4-6-10-18)19-13-14-21-20-11-7-8-12-24(20)30(28,29)25(21)15-19;3*1-2-6-10(7-3-1)11-8-4-5-9-12-11;;;/h4-22,24-27H,1-3H3;6-14,16-19H,1-5H3;4-12,14-17H,1-3H3;3*1-6,8-9H;;;/q6*-1;;;. The summed E-state index contributed by atoms with van der Waals surface area (Å²) < 4.78 is 26.2. The first-order valence-corrected chi connectivity index (χ1v) is 64.1. The molecule has 8 nitrogen and oxygen atoms in total. The molecule has 3 aliphatic heterocycles. The van der Waals surface area contributed by atoms with Crippen LogP contribution in [0, 0.1) is 36.4 Å². The van der Waals surface area contributed by atoms with E-state index in [9.17, 15) is 8.42 Å². The number of hydrogen-bond acceptors (Lipinski definition) is 8. The van der Waals surface area contributed by atoms with Crippen LogP contribution in [0.3, 0.4) is 0 Å². The molecule has 0 amide bonds. The second-order valence-corrected chi connectivity index (χ2v) is 63.4. The topological polar surface area (TPSA) is 111 Å². The second kappa shape index (κ2) is 45.5. The molecule has 0 saturated carbocycles. The molecule has 0 N–H and O–H groups in total. The summed E-state index contributed by atoms with van der Waals surface area (Å²) in [5, 5.41) is 12.8. The Morgan fingerprint density at radius 1 is 0.239 bits per heavy atom. The maximum absolute atomic E-state index is 13.1. The van der Waals surface area contributed by atoms with Crippen molar-refractivity contribution in [2.75, 3.05) is 0 Å². The Hall–Kier alpha value is -13.0. The summed E-state index contributed by atoms with van der Waals surface area (Å²) in [6.07, 6.45) is 11.6. The third kappa shape index (κ3) is 22.4. The molecule has 0 spiro atoms. The van der Waals surface area contributed by atoms with Crippen molar-refractivity contribution in [3.63, 3.8) is 0 Å². The molecular weight excluding hydrogens is 2370 g/mol. The van der Waals surface area contributed by atoms with Crippen molar-refractivity contribution in [2.24, 2.45) is 0 Å². The quantitative estimate of drug-likeness (QED) is 0.0782. The number of sulfone groups is 1. The van der Waals surface area contributed by atoms with Crippen LogP contribution in [-0.2, 0) is 70.2 Å². The maximum Gasteiger partial charge on any atom is 0.189 e. The molecule has 6 aromatic heterocycles. The number of benzene rings is 14. The zero-order valence-electron chi connectivity index (χ0n) is 81.1. The first-order valence-electron chi connectivity index (χ1n) is 47.1. The van der Waals surface area contributed by atoms with Crippen molar-refractivity contribution in [3.8, 4) is 134 Å². The van der Waals surface area contributed by atoms with Crippen LogP contribution in [0.15, 0.2) is 453 Å². The number of rotatable bonds is 14. The fourth-order valence-electron chi connectivity index (χ4n) is 18.8. The van der Waals surface area contributed by atoms with E-state index in [1.807, 2.05) is 164 Å². The smallest absolute Gasteiger partial charge is 0.189 e. The molecule has 20 aromatic rings. The zero-order chi connectivity index (χ0) is 96.3. The maximum atomic E-state index is 13.1. The Labute approximate surface area is 883 Å². The van der Waals surface area contributed by atoms with Crippen LogP contribution in [-0.4, -0.2) is 78.7 Å². The van der Waals surface area contributed by atoms with Crippen LogP contribution in [0.2, 0.25) is 72.0 Å². The van der Waals surface area contributed by atoms with Gasteiger partial charge in [-0.05, 0) is 133 Å². The molecule has 17 heteroatoms. The summed E-state index contributed by atoms with van der Waals surface area (Å²) in [6, 6.07) is 160. The Balaban J connectivity index is 0.000000136. The van der Waals surface area contributed by atoms with Crippen LogP contribution in [0.1, 0.15) is 0 Å². The average Bonchev–Trinajstić information content (AvgIpc) is 1.53. The van der Waals surface area contributed by atoms with Crippen molar-refractivity contribution >= 4 is 96.9 Å². The summed E-state index contributed by atoms with van der Waals surface area (Å²) in [4.78, 5) is 28.1. The van der Waals surface area contributed by atoms with Crippen LogP contribution >= 0.6 is 0 Å². The van der Waals surface area contributed by atoms with Crippen LogP contribution < -0.4 is 46.7 Å². The summed E-state index contributed by atoms with van der Waals surface area (Å²) in [6.45, 7) is 26.2. The van der Waals surface area contributed by atoms with E-state index in [-0.39, 0.29) is 60.3 Å². The molecule has 14 aromatic carbocycles. The minimum atomic E-state index is -3.53. The van der Waals surface area contributed by atoms with Crippen molar-refractivity contribution in [2.45, 2.75) is 81.8 Å². The van der Waals surface area contributed by atoms with Gasteiger partial charge in [-0.25, -0.2) is 8.42 Å². The minimum Gasteiger partial charge on any atom is -0.305 e. The molecule has 0 fully saturated rings. The van der Waals surface area contributed by atoms with E-state index in [0.717, 1.165) is 78.7 Å². The minimum absolute atomic E-state index is 0. The summed E-state index contributed by atoms with van der Waals surface area (Å²) in [7, 11) is -12.6. The summed E-state index contributed by atoms with van der Waals surface area (Å²) in [5.74, 6) is 0. The molecule has 0 aliphatic carbocycles. The molecule has 23 rings (SSSR count). The molecule has 3 aliphatic rings. The average molecular weight is 2470 g/mol. The van der Waals surface area contributed by atoms with Gasteiger partial charge in [-0.15, -0.1) is 189 Å². The molecule has 3 radical (unpaired) electrons. The Morgan fingerprint density at radius 3 is 0.915 bits per heavy atom. The number of aromatic nitrogens is 6. The Morgan fingerprint density at radius 2 is 0.549 bits per heavy atom. The first-order chi connectivity index (χ1) is 67.4. The Kier molecular flexibility index (Phi) is 33.1. The van der Waals surface area contributed by atoms with E-state index in [0.29, 0.717) is 20.9 Å². The molecule has 142 heavy (non-hydrogen) atoms. The number of hydrogen-bond donors (Lipinski definition) is 0. The van der Waals surface area contributed by atoms with E-state index in [2.05, 4.69) is 360 Å². The predicted molar refractivity (Wildman–Crippen MR) is 592 cm³/mol. The molecule has 0 unspecified atom stereocenters. The summed E-state index contributed by atoms with van der Waals surface area (Å²) in [5.41, 5.74) is 25.9. The van der Waals surface area contributed by atoms with Gasteiger partial charge in [0.25, 0.3) is 0 Å². The second-order valence-electron chi connectivity index (χ2n) is 38.3. The van der Waals surface area contributed by atoms with Crippen molar-refractivity contribution in [3.05, 3.63) is 480 Å². The molecule has 0 bridgehead atoms. The Bertz CT molecular complexity index is 7490. The van der Waals surface area contributed by atoms with Gasteiger partial charge < -0.3 is 29.9 Å². The van der Waals surface area contributed by atoms with Gasteiger partial charge in [0.2, 0.25) is 0 Å². The van der Waals surface area contributed by atoms with Crippen LogP contribution in [0.25, 0.3) is 134 Å². The van der Waals surface area contributed by atoms with E-state index >= 15 is 0 Å². The monoisotopic (exact) mass is 2470 g/mol. The van der Waals surface area contributed by atoms with E-state index in [4.69, 9.17) is 15.0 Å². The van der Waals surface area contributed by atoms with Crippen molar-refractivity contribution in [1.29, 1.82) is 0 Å². The fourth-order valence-corrected chi connectivity index (χ4v) is 33.2. The first kappa shape index (κ1) is 103. The summed E-state index contributed by atoms with van der Waals surface area (Å²) >= 11 is 0. The molecule has 0 atom stereocenters. The van der Waals surface area contributed by atoms with Gasteiger partial charge in [0.05, 0.1) is 37.2 Å². The molecular formula is C125H106Ir3N6O2SSi5-6. The van der Waals surface area contributed by atoms with Gasteiger partial charge in [-0.1, -0.05) is 378 Å². The van der Waals surface area contributed by atoms with Gasteiger partial charge in [0, 0.05) is 97.5 Å². The predicted octanol–water partition coefficient (Wildman–Crippen LogP) is 24.9. The molecule has 0 saturated heterocycles. The largest absolute Gasteiger partial charge is 0.305 e. The normalized spacial score (nSPS) is 12.5. The van der Waals surface area contributed by atoms with Gasteiger partial charge in [-0.3, -0.25) is 0 Å². The number of pyridine rings is 6. The van der Waals surface area contributed by atoms with E-state index in [1.165, 1.54) is 91.2 Å². The van der Waals surface area contributed by atoms with Gasteiger partial charge in [0.15, 0.2) is 17.9 Å². The van der Waals surface area contributed by atoms with Gasteiger partial charge in [-0.2, -0.15) is 0 Å². The molecule has 9 heterocycles. The van der Waals surface area contributed by atoms with Crippen molar-refractivity contribution in [1.82, 2.24) is 29.9 Å². The van der Waals surface area contributed by atoms with Crippen LogP contribution in [0.5, 0.6) is 0 Å². The zero-order valence-corrected chi connectivity index (χ0v) is 94.1. The van der Waals surface area contributed by atoms with Crippen molar-refractivity contribution < 1.29 is 68.7 Å². The SMILES string of the molecule is C[Si](C)(C)c1cnc(-c2[c-]cc3c(c2)S(=O)(=O)c2ccccc2-3)cc1-c1ccccc1.C[Si](C)(C)c1cnc(-c2[c-]cc3c(c2)[Si](C)(C)c2ccccc2-3)cc1-c1ccccc1.C[Si](C)(C)c1cnc(-c2[c-]cc3c(c2)[Si](c2ccccc2)(c2ccccc2)c2ccccc2-3)cc1-c1ccccc1.[Ir].[Ir].[Ir].[c-]1ccccc1-c1ccccn1.[c-]1ccccc1-c1ccccn1.[c-]1ccccc1-c1ccccn1.